The van der Waals surface area contributed by atoms with Crippen molar-refractivity contribution in [3.63, 3.8) is 0 Å². The third kappa shape index (κ3) is 29.9. The molecule has 9 heteroatoms. The Morgan fingerprint density at radius 1 is 0.549 bits per heavy atom. The number of hydrogen-bond acceptors (Lipinski definition) is 7. The Balaban J connectivity index is 0.0000250. The van der Waals surface area contributed by atoms with E-state index in [4.69, 9.17) is 14.2 Å². The van der Waals surface area contributed by atoms with E-state index in [2.05, 4.69) is 28.1 Å². The van der Waals surface area contributed by atoms with Crippen molar-refractivity contribution in [2.45, 2.75) is 224 Å². The molecule has 8 nitrogen and oxygen atoms in total. The summed E-state index contributed by atoms with van der Waals surface area (Å²) in [5.74, 6) is -0.332. The van der Waals surface area contributed by atoms with Crippen LogP contribution in [-0.2, 0) is 19.0 Å². The number of esters is 1. The highest BCUT2D eigenvalue weighted by atomic mass is 127. The number of aliphatic hydroxyl groups excluding tert-OH is 3. The standard InChI is InChI=1S/C42H84NO7.HI/c1-5-6-7-8-9-10-11-12-13-14-15-16-17-18-19-20-21-22-23-24-25-26-27-28-29-30-31-33-38(44)49-36-37-39(45)40(46)41(47)42(50-37)48-35-32-34-43(2,3)4;/h37,39-42,45-47H,5-36H2,1-4H3;1H/q+1;/p-1. The number of carbonyl (C=O) groups excluding carboxylic acids is 1. The third-order valence-electron chi connectivity index (χ3n) is 10.3. The second-order valence-electron chi connectivity index (χ2n) is 16.4. The first-order valence-electron chi connectivity index (χ1n) is 21.4. The van der Waals surface area contributed by atoms with Gasteiger partial charge in [-0.3, -0.25) is 4.79 Å². The van der Waals surface area contributed by atoms with Crippen LogP contribution in [0, 0.1) is 0 Å². The highest BCUT2D eigenvalue weighted by Gasteiger charge is 2.44. The van der Waals surface area contributed by atoms with Gasteiger partial charge in [0.2, 0.25) is 0 Å². The molecule has 1 fully saturated rings. The molecule has 51 heavy (non-hydrogen) atoms. The zero-order valence-corrected chi connectivity index (χ0v) is 36.0. The fraction of sp³-hybridized carbons (Fsp3) is 0.976. The Labute approximate surface area is 332 Å². The van der Waals surface area contributed by atoms with Gasteiger partial charge in [0.15, 0.2) is 6.29 Å². The van der Waals surface area contributed by atoms with Gasteiger partial charge in [-0.15, -0.1) is 0 Å². The molecule has 0 amide bonds. The van der Waals surface area contributed by atoms with Crippen molar-refractivity contribution in [2.24, 2.45) is 0 Å². The SMILES string of the molecule is CCCCCCCCCCCCCCCCCCCCCCCCCCCCCC(=O)OCC1OC(OCCC[N+](C)(C)C)C(O)C(O)C1O.[I-]. The highest BCUT2D eigenvalue weighted by Crippen LogP contribution is 2.23. The van der Waals surface area contributed by atoms with E-state index in [1.165, 1.54) is 154 Å². The van der Waals surface area contributed by atoms with Crippen LogP contribution in [0.2, 0.25) is 0 Å². The fourth-order valence-corrected chi connectivity index (χ4v) is 6.94. The van der Waals surface area contributed by atoms with Crippen molar-refractivity contribution in [2.75, 3.05) is 40.9 Å². The fourth-order valence-electron chi connectivity index (χ4n) is 6.94. The molecule has 0 aromatic carbocycles. The van der Waals surface area contributed by atoms with Gasteiger partial charge in [0, 0.05) is 12.8 Å². The lowest BCUT2D eigenvalue weighted by atomic mass is 9.99. The number of rotatable bonds is 35. The van der Waals surface area contributed by atoms with E-state index in [9.17, 15) is 20.1 Å². The zero-order chi connectivity index (χ0) is 36.7. The highest BCUT2D eigenvalue weighted by molar-refractivity contribution is 5.69. The van der Waals surface area contributed by atoms with Gasteiger partial charge in [0.05, 0.1) is 34.3 Å². The number of unbranched alkanes of at least 4 members (excludes halogenated alkanes) is 26. The first kappa shape index (κ1) is 51.0. The van der Waals surface area contributed by atoms with Gasteiger partial charge < -0.3 is 58.0 Å². The summed E-state index contributed by atoms with van der Waals surface area (Å²) in [6, 6.07) is 0. The van der Waals surface area contributed by atoms with E-state index in [1.807, 2.05) is 0 Å². The molecule has 0 bridgehead atoms. The Bertz CT molecular complexity index is 768. The maximum atomic E-state index is 12.3. The lowest BCUT2D eigenvalue weighted by Crippen LogP contribution is -3.00. The van der Waals surface area contributed by atoms with E-state index in [-0.39, 0.29) is 36.6 Å². The molecule has 0 spiro atoms. The average Bonchev–Trinajstić information content (AvgIpc) is 3.08. The summed E-state index contributed by atoms with van der Waals surface area (Å²) >= 11 is 0. The third-order valence-corrected chi connectivity index (χ3v) is 10.3. The van der Waals surface area contributed by atoms with Gasteiger partial charge in [-0.05, 0) is 6.42 Å². The second kappa shape index (κ2) is 34.5. The number of aliphatic hydroxyl groups is 3. The molecule has 1 heterocycles. The average molecular weight is 842 g/mol. The summed E-state index contributed by atoms with van der Waals surface area (Å²) in [5, 5.41) is 30.8. The van der Waals surface area contributed by atoms with Crippen molar-refractivity contribution in [1.29, 1.82) is 0 Å². The van der Waals surface area contributed by atoms with Crippen LogP contribution in [0.25, 0.3) is 0 Å². The van der Waals surface area contributed by atoms with Crippen LogP contribution in [0.15, 0.2) is 0 Å². The van der Waals surface area contributed by atoms with Crippen LogP contribution in [-0.4, -0.2) is 97.4 Å². The van der Waals surface area contributed by atoms with Crippen LogP contribution in [0.3, 0.4) is 0 Å². The van der Waals surface area contributed by atoms with Crippen molar-refractivity contribution >= 4 is 5.97 Å². The van der Waals surface area contributed by atoms with Gasteiger partial charge in [-0.25, -0.2) is 0 Å². The van der Waals surface area contributed by atoms with Gasteiger partial charge in [0.25, 0.3) is 0 Å². The van der Waals surface area contributed by atoms with Crippen molar-refractivity contribution in [1.82, 2.24) is 0 Å². The van der Waals surface area contributed by atoms with Crippen LogP contribution in [0.4, 0.5) is 0 Å². The lowest BCUT2D eigenvalue weighted by molar-refractivity contribution is -0.870. The molecule has 1 saturated heterocycles. The Kier molecular flexibility index (Phi) is 34.4. The molecule has 3 N–H and O–H groups in total. The second-order valence-corrected chi connectivity index (χ2v) is 16.4. The minimum absolute atomic E-state index is 0. The van der Waals surface area contributed by atoms with Crippen molar-refractivity contribution in [3.8, 4) is 0 Å². The monoisotopic (exact) mass is 842 g/mol. The summed E-state index contributed by atoms with van der Waals surface area (Å²) < 4.78 is 17.4. The minimum atomic E-state index is -1.43. The number of halogens is 1. The van der Waals surface area contributed by atoms with Crippen molar-refractivity contribution in [3.05, 3.63) is 0 Å². The summed E-state index contributed by atoms with van der Waals surface area (Å²) in [7, 11) is 6.25. The van der Waals surface area contributed by atoms with Crippen molar-refractivity contribution < 1.29 is 62.8 Å². The lowest BCUT2D eigenvalue weighted by Gasteiger charge is -2.40. The Morgan fingerprint density at radius 3 is 1.29 bits per heavy atom. The van der Waals surface area contributed by atoms with E-state index >= 15 is 0 Å². The summed E-state index contributed by atoms with van der Waals surface area (Å²) in [5.41, 5.74) is 0. The summed E-state index contributed by atoms with van der Waals surface area (Å²) in [4.78, 5) is 12.3. The molecule has 1 aliphatic heterocycles. The number of ether oxygens (including phenoxy) is 3. The quantitative estimate of drug-likeness (QED) is 0.0294. The molecule has 1 rings (SSSR count). The smallest absolute Gasteiger partial charge is 0.305 e. The number of quaternary nitrogens is 1. The maximum absolute atomic E-state index is 12.3. The molecule has 0 saturated carbocycles. The zero-order valence-electron chi connectivity index (χ0n) is 33.8. The van der Waals surface area contributed by atoms with E-state index < -0.39 is 30.7 Å². The summed E-state index contributed by atoms with van der Waals surface area (Å²) in [6.07, 6.45) is 31.6. The van der Waals surface area contributed by atoms with E-state index in [0.29, 0.717) is 13.0 Å². The first-order chi connectivity index (χ1) is 24.2. The number of nitrogens with zero attached hydrogens (tertiary/aromatic N) is 1. The molecule has 0 aliphatic carbocycles. The van der Waals surface area contributed by atoms with Gasteiger partial charge in [0.1, 0.15) is 31.0 Å². The maximum Gasteiger partial charge on any atom is 0.305 e. The van der Waals surface area contributed by atoms with Crippen LogP contribution in [0.5, 0.6) is 0 Å². The first-order valence-corrected chi connectivity index (χ1v) is 21.4. The molecule has 0 aromatic heterocycles. The molecule has 1 aliphatic rings. The van der Waals surface area contributed by atoms with Crippen LogP contribution < -0.4 is 24.0 Å². The molecular weight excluding hydrogens is 757 g/mol. The predicted octanol–water partition coefficient (Wildman–Crippen LogP) is 6.40. The molecule has 306 valence electrons. The minimum Gasteiger partial charge on any atom is -1.00 e. The molecule has 5 unspecified atom stereocenters. The largest absolute Gasteiger partial charge is 1.00 e. The normalized spacial score (nSPS) is 20.7. The molecule has 5 atom stereocenters. The van der Waals surface area contributed by atoms with E-state index in [0.717, 1.165) is 36.7 Å². The van der Waals surface area contributed by atoms with Crippen LogP contribution >= 0.6 is 0 Å². The predicted molar refractivity (Wildman–Crippen MR) is 206 cm³/mol. The van der Waals surface area contributed by atoms with E-state index in [1.54, 1.807) is 0 Å². The van der Waals surface area contributed by atoms with Gasteiger partial charge >= 0.3 is 5.97 Å². The molecular formula is C42H84INO7. The summed E-state index contributed by atoms with van der Waals surface area (Å²) in [6.45, 7) is 3.35. The molecule has 0 radical (unpaired) electrons. The molecule has 0 aromatic rings. The number of hydrogen-bond donors (Lipinski definition) is 3. The van der Waals surface area contributed by atoms with Gasteiger partial charge in [-0.2, -0.15) is 0 Å². The topological polar surface area (TPSA) is 105 Å². The number of carbonyl (C=O) groups is 1. The van der Waals surface area contributed by atoms with Crippen LogP contribution in [0.1, 0.15) is 193 Å². The Hall–Kier alpha value is -0.0400. The van der Waals surface area contributed by atoms with Gasteiger partial charge in [-0.1, -0.05) is 174 Å². The Morgan fingerprint density at radius 2 is 0.922 bits per heavy atom.